The van der Waals surface area contributed by atoms with E-state index in [9.17, 15) is 18.1 Å². The Bertz CT molecular complexity index is 1230. The van der Waals surface area contributed by atoms with Crippen LogP contribution in [-0.4, -0.2) is 25.2 Å². The predicted molar refractivity (Wildman–Crippen MR) is 109 cm³/mol. The minimum absolute atomic E-state index is 0. The van der Waals surface area contributed by atoms with Crippen molar-refractivity contribution in [2.24, 2.45) is 20.5 Å². The van der Waals surface area contributed by atoms with Crippen molar-refractivity contribution in [3.05, 3.63) is 66.2 Å². The van der Waals surface area contributed by atoms with E-state index in [1.807, 2.05) is 0 Å². The molecule has 1 N–H and O–H groups in total. The van der Waals surface area contributed by atoms with Gasteiger partial charge < -0.3 is 14.4 Å². The molecule has 0 unspecified atom stereocenters. The molecular formula is C20H17LiN4O5S. The number of aromatic hydroxyl groups is 1. The number of hydrogen-bond donors (Lipinski definition) is 1. The van der Waals surface area contributed by atoms with Gasteiger partial charge in [-0.3, -0.25) is 0 Å². The van der Waals surface area contributed by atoms with Crippen LogP contribution in [0.3, 0.4) is 0 Å². The minimum atomic E-state index is -4.57. The maximum atomic E-state index is 11.1. The van der Waals surface area contributed by atoms with Gasteiger partial charge in [-0.2, -0.15) is 15.3 Å². The van der Waals surface area contributed by atoms with E-state index in [0.717, 1.165) is 11.6 Å². The van der Waals surface area contributed by atoms with Crippen molar-refractivity contribution >= 4 is 32.9 Å². The van der Waals surface area contributed by atoms with Crippen molar-refractivity contribution in [2.45, 2.75) is 11.8 Å². The van der Waals surface area contributed by atoms with E-state index in [4.69, 9.17) is 4.74 Å². The first-order valence-electron chi connectivity index (χ1n) is 8.63. The Hall–Kier alpha value is -3.03. The fourth-order valence-electron chi connectivity index (χ4n) is 2.46. The van der Waals surface area contributed by atoms with Crippen LogP contribution in [0.2, 0.25) is 0 Å². The summed E-state index contributed by atoms with van der Waals surface area (Å²) in [6, 6.07) is 14.9. The first-order valence-corrected chi connectivity index (χ1v) is 10.0. The molecular weight excluding hydrogens is 415 g/mol. The van der Waals surface area contributed by atoms with Gasteiger partial charge in [0.15, 0.2) is 0 Å². The Morgan fingerprint density at radius 2 is 1.52 bits per heavy atom. The van der Waals surface area contributed by atoms with Gasteiger partial charge in [0.25, 0.3) is 0 Å². The number of aryl methyl sites for hydroxylation is 1. The van der Waals surface area contributed by atoms with Gasteiger partial charge in [0.2, 0.25) is 0 Å². The Morgan fingerprint density at radius 1 is 0.871 bits per heavy atom. The molecule has 0 aliphatic heterocycles. The molecule has 0 fully saturated rings. The summed E-state index contributed by atoms with van der Waals surface area (Å²) < 4.78 is 38.8. The molecule has 3 rings (SSSR count). The van der Waals surface area contributed by atoms with Crippen LogP contribution in [0.4, 0.5) is 22.7 Å². The van der Waals surface area contributed by atoms with Crippen LogP contribution in [0.5, 0.6) is 11.5 Å². The largest absolute Gasteiger partial charge is 1.00 e. The number of benzene rings is 3. The second-order valence-corrected chi connectivity index (χ2v) is 7.56. The molecule has 0 saturated carbocycles. The molecule has 0 aliphatic carbocycles. The molecule has 31 heavy (non-hydrogen) atoms. The van der Waals surface area contributed by atoms with E-state index in [1.54, 1.807) is 31.2 Å². The van der Waals surface area contributed by atoms with E-state index in [2.05, 4.69) is 20.5 Å². The molecule has 9 nitrogen and oxygen atoms in total. The summed E-state index contributed by atoms with van der Waals surface area (Å²) in [5.41, 5.74) is 2.46. The quantitative estimate of drug-likeness (QED) is 0.362. The number of ether oxygens (including phenoxy) is 1. The molecule has 0 radical (unpaired) electrons. The summed E-state index contributed by atoms with van der Waals surface area (Å²) in [6.07, 6.45) is 0. The monoisotopic (exact) mass is 432 g/mol. The summed E-state index contributed by atoms with van der Waals surface area (Å²) in [6.45, 7) is 1.80. The normalized spacial score (nSPS) is 11.6. The average Bonchev–Trinajstić information content (AvgIpc) is 2.72. The third-order valence-corrected chi connectivity index (χ3v) is 4.83. The van der Waals surface area contributed by atoms with Gasteiger partial charge in [-0.1, -0.05) is 6.07 Å². The van der Waals surface area contributed by atoms with Crippen LogP contribution < -0.4 is 23.6 Å². The molecule has 0 spiro atoms. The van der Waals surface area contributed by atoms with E-state index in [0.29, 0.717) is 22.8 Å². The van der Waals surface area contributed by atoms with E-state index in [-0.39, 0.29) is 35.2 Å². The molecule has 3 aromatic carbocycles. The third-order valence-electron chi connectivity index (χ3n) is 4.00. The first-order chi connectivity index (χ1) is 14.3. The number of phenols is 1. The van der Waals surface area contributed by atoms with Crippen molar-refractivity contribution in [1.29, 1.82) is 0 Å². The maximum absolute atomic E-state index is 11.1. The van der Waals surface area contributed by atoms with E-state index in [1.165, 1.54) is 37.4 Å². The summed E-state index contributed by atoms with van der Waals surface area (Å²) in [7, 11) is -3.09. The van der Waals surface area contributed by atoms with Crippen LogP contribution in [0, 0.1) is 6.92 Å². The third kappa shape index (κ3) is 6.47. The Labute approximate surface area is 191 Å². The smallest absolute Gasteiger partial charge is 0.744 e. The molecule has 154 valence electrons. The Kier molecular flexibility index (Phi) is 8.07. The molecule has 0 heterocycles. The van der Waals surface area contributed by atoms with Crippen LogP contribution in [0.1, 0.15) is 5.56 Å². The number of methoxy groups -OCH3 is 1. The SMILES string of the molecule is COc1cc(N=Nc2cccc(S(=O)(=O)[O-])c2)c(C)cc1N=Nc1ccc(O)cc1.[Li+]. The second kappa shape index (κ2) is 10.3. The van der Waals surface area contributed by atoms with Crippen molar-refractivity contribution in [1.82, 2.24) is 0 Å². The summed E-state index contributed by atoms with van der Waals surface area (Å²) >= 11 is 0. The molecule has 0 aromatic heterocycles. The van der Waals surface area contributed by atoms with Crippen molar-refractivity contribution in [3.8, 4) is 11.5 Å². The maximum Gasteiger partial charge on any atom is 1.00 e. The first kappa shape index (κ1) is 24.2. The van der Waals surface area contributed by atoms with Gasteiger partial charge in [-0.15, -0.1) is 5.11 Å². The predicted octanol–water partition coefficient (Wildman–Crippen LogP) is 2.45. The number of nitrogens with zero attached hydrogens (tertiary/aromatic N) is 4. The Morgan fingerprint density at radius 3 is 2.16 bits per heavy atom. The van der Waals surface area contributed by atoms with Crippen LogP contribution in [0.25, 0.3) is 0 Å². The van der Waals surface area contributed by atoms with Crippen molar-refractivity contribution in [3.63, 3.8) is 0 Å². The van der Waals surface area contributed by atoms with E-state index < -0.39 is 10.1 Å². The van der Waals surface area contributed by atoms with Crippen LogP contribution >= 0.6 is 0 Å². The zero-order valence-electron chi connectivity index (χ0n) is 17.1. The van der Waals surface area contributed by atoms with Crippen LogP contribution in [-0.2, 0) is 10.1 Å². The fraction of sp³-hybridized carbons (Fsp3) is 0.100. The Balaban J connectivity index is 0.00000341. The fourth-order valence-corrected chi connectivity index (χ4v) is 2.97. The molecule has 0 amide bonds. The number of azo groups is 2. The number of hydrogen-bond acceptors (Lipinski definition) is 9. The standard InChI is InChI=1S/C20H18N4O5S.Li/c1-13-10-19(24-21-14-6-8-16(25)9-7-14)20(29-2)12-18(13)23-22-15-4-3-5-17(11-15)30(26,27)28;/h3-12,25H,1-2H3,(H,26,27,28);/q;+1/p-1. The number of rotatable bonds is 6. The van der Waals surface area contributed by atoms with Gasteiger partial charge >= 0.3 is 18.9 Å². The van der Waals surface area contributed by atoms with Gasteiger partial charge in [0, 0.05) is 6.07 Å². The van der Waals surface area contributed by atoms with Gasteiger partial charge in [0.05, 0.1) is 29.1 Å². The van der Waals surface area contributed by atoms with Gasteiger partial charge in [-0.05, 0) is 61.0 Å². The number of phenolic OH excluding ortho intramolecular Hbond substituents is 1. The van der Waals surface area contributed by atoms with Crippen molar-refractivity contribution < 1.29 is 41.7 Å². The molecule has 0 atom stereocenters. The van der Waals surface area contributed by atoms with E-state index >= 15 is 0 Å². The molecule has 3 aromatic rings. The van der Waals surface area contributed by atoms with Gasteiger partial charge in [-0.25, -0.2) is 8.42 Å². The van der Waals surface area contributed by atoms with Gasteiger partial charge in [0.1, 0.15) is 27.3 Å². The minimum Gasteiger partial charge on any atom is -0.744 e. The molecule has 0 saturated heterocycles. The zero-order chi connectivity index (χ0) is 21.7. The molecule has 0 aliphatic rings. The molecule has 0 bridgehead atoms. The zero-order valence-corrected chi connectivity index (χ0v) is 17.9. The summed E-state index contributed by atoms with van der Waals surface area (Å²) in [5, 5.41) is 25.8. The van der Waals surface area contributed by atoms with Crippen LogP contribution in [0.15, 0.2) is 86.0 Å². The second-order valence-electron chi connectivity index (χ2n) is 6.18. The summed E-state index contributed by atoms with van der Waals surface area (Å²) in [4.78, 5) is -0.377. The average molecular weight is 432 g/mol. The topological polar surface area (TPSA) is 136 Å². The van der Waals surface area contributed by atoms with Crippen molar-refractivity contribution in [2.75, 3.05) is 7.11 Å². The summed E-state index contributed by atoms with van der Waals surface area (Å²) in [5.74, 6) is 0.545. The molecule has 11 heteroatoms.